The zero-order chi connectivity index (χ0) is 26.3. The molecule has 1 heterocycles. The van der Waals surface area contributed by atoms with Crippen LogP contribution in [0.15, 0.2) is 58.5 Å². The van der Waals surface area contributed by atoms with Crippen molar-refractivity contribution in [3.63, 3.8) is 0 Å². The topological polar surface area (TPSA) is 114 Å². The van der Waals surface area contributed by atoms with Crippen LogP contribution in [0.3, 0.4) is 0 Å². The number of benzene rings is 2. The molecule has 0 aliphatic carbocycles. The third-order valence-electron chi connectivity index (χ3n) is 5.19. The van der Waals surface area contributed by atoms with Gasteiger partial charge in [-0.25, -0.2) is 27.1 Å². The molecule has 1 atom stereocenters. The fourth-order valence-corrected chi connectivity index (χ4v) is 7.07. The lowest BCUT2D eigenvalue weighted by atomic mass is 10.0. The van der Waals surface area contributed by atoms with E-state index in [0.717, 1.165) is 18.5 Å². The molecule has 194 valence electrons. The Morgan fingerprint density at radius 2 is 1.67 bits per heavy atom. The Balaban J connectivity index is 1.91. The number of amides is 1. The van der Waals surface area contributed by atoms with Gasteiger partial charge in [-0.05, 0) is 44.4 Å². The van der Waals surface area contributed by atoms with Crippen molar-refractivity contribution in [2.45, 2.75) is 44.8 Å². The van der Waals surface area contributed by atoms with Gasteiger partial charge in [-0.2, -0.15) is 5.10 Å². The van der Waals surface area contributed by atoms with Crippen LogP contribution in [0.2, 0.25) is 0 Å². The van der Waals surface area contributed by atoms with Crippen LogP contribution < -0.4 is 4.72 Å². The summed E-state index contributed by atoms with van der Waals surface area (Å²) in [6.45, 7) is 8.33. The van der Waals surface area contributed by atoms with Gasteiger partial charge in [0.05, 0.1) is 23.8 Å². The van der Waals surface area contributed by atoms with Gasteiger partial charge in [0, 0.05) is 17.9 Å². The quantitative estimate of drug-likeness (QED) is 0.358. The second-order valence-corrected chi connectivity index (χ2v) is 11.3. The van der Waals surface area contributed by atoms with Gasteiger partial charge in [-0.15, -0.1) is 0 Å². The molecule has 0 radical (unpaired) electrons. The molecule has 1 N–H and O–H groups in total. The van der Waals surface area contributed by atoms with Crippen LogP contribution in [0.5, 0.6) is 0 Å². The predicted octanol–water partition coefficient (Wildman–Crippen LogP) is 4.31. The number of sulfonamides is 1. The Hall–Kier alpha value is -3.18. The van der Waals surface area contributed by atoms with Gasteiger partial charge >= 0.3 is 12.1 Å². The molecule has 0 aromatic heterocycles. The van der Waals surface area contributed by atoms with Gasteiger partial charge in [0.2, 0.25) is 0 Å². The van der Waals surface area contributed by atoms with Gasteiger partial charge in [-0.1, -0.05) is 60.1 Å². The zero-order valence-electron chi connectivity index (χ0n) is 20.8. The third kappa shape index (κ3) is 6.33. The van der Waals surface area contributed by atoms with Crippen LogP contribution in [-0.4, -0.2) is 55.2 Å². The molecule has 0 bridgehead atoms. The first-order chi connectivity index (χ1) is 17.2. The van der Waals surface area contributed by atoms with Crippen LogP contribution in [0, 0.1) is 0 Å². The Morgan fingerprint density at radius 3 is 2.31 bits per heavy atom. The van der Waals surface area contributed by atoms with Crippen LogP contribution in [-0.2, 0) is 30.0 Å². The second kappa shape index (κ2) is 12.2. The molecule has 1 aliphatic heterocycles. The van der Waals surface area contributed by atoms with Gasteiger partial charge in [0.15, 0.2) is 0 Å². The van der Waals surface area contributed by atoms with Gasteiger partial charge in [0.25, 0.3) is 10.0 Å². The number of hydrogen-bond donors (Lipinski definition) is 1. The minimum atomic E-state index is -4.13. The molecule has 0 saturated carbocycles. The number of nitrogens with one attached hydrogen (secondary N) is 1. The summed E-state index contributed by atoms with van der Waals surface area (Å²) in [7, 11) is -4.71. The number of rotatable bonds is 10. The second-order valence-electron chi connectivity index (χ2n) is 7.84. The highest BCUT2D eigenvalue weighted by atomic mass is 32.2. The van der Waals surface area contributed by atoms with E-state index in [2.05, 4.69) is 12.0 Å². The van der Waals surface area contributed by atoms with Gasteiger partial charge in [-0.3, -0.25) is 0 Å². The minimum Gasteiger partial charge on any atom is -0.462 e. The van der Waals surface area contributed by atoms with Crippen LogP contribution >= 0.6 is 10.7 Å². The molecule has 2 aromatic rings. The van der Waals surface area contributed by atoms with E-state index in [-0.39, 0.29) is 17.5 Å². The summed E-state index contributed by atoms with van der Waals surface area (Å²) in [4.78, 5) is 24.9. The van der Waals surface area contributed by atoms with Crippen LogP contribution in [0.1, 0.15) is 39.7 Å². The van der Waals surface area contributed by atoms with Crippen molar-refractivity contribution in [2.24, 2.45) is 5.10 Å². The summed E-state index contributed by atoms with van der Waals surface area (Å²) in [5.41, 5.74) is 2.77. The molecular weight excluding hydrogens is 502 g/mol. The molecule has 36 heavy (non-hydrogen) atoms. The summed E-state index contributed by atoms with van der Waals surface area (Å²) in [6.07, 6.45) is -0.136. The lowest BCUT2D eigenvalue weighted by Crippen LogP contribution is -2.31. The van der Waals surface area contributed by atoms with Crippen molar-refractivity contribution in [1.29, 1.82) is 0 Å². The summed E-state index contributed by atoms with van der Waals surface area (Å²) in [6, 6.07) is 13.9. The number of hydrazone groups is 1. The average Bonchev–Trinajstić information content (AvgIpc) is 3.14. The first-order valence-corrected chi connectivity index (χ1v) is 14.5. The van der Waals surface area contributed by atoms with Crippen molar-refractivity contribution < 1.29 is 27.5 Å². The number of esters is 1. The molecule has 1 unspecified atom stereocenters. The molecule has 0 fully saturated rings. The number of carbonyl (C=O) groups is 2. The Labute approximate surface area is 214 Å². The Morgan fingerprint density at radius 1 is 1.00 bits per heavy atom. The van der Waals surface area contributed by atoms with Crippen molar-refractivity contribution >= 4 is 43.3 Å². The predicted molar refractivity (Wildman–Crippen MR) is 142 cm³/mol. The maximum absolute atomic E-state index is 12.8. The van der Waals surface area contributed by atoms with E-state index in [1.54, 1.807) is 32.0 Å². The molecule has 9 nitrogen and oxygen atoms in total. The Kier molecular flexibility index (Phi) is 9.27. The lowest BCUT2D eigenvalue weighted by Gasteiger charge is -2.20. The van der Waals surface area contributed by atoms with Crippen LogP contribution in [0.25, 0.3) is 11.1 Å². The van der Waals surface area contributed by atoms with E-state index >= 15 is 0 Å². The zero-order valence-corrected chi connectivity index (χ0v) is 22.4. The first-order valence-electron chi connectivity index (χ1n) is 11.7. The normalized spacial score (nSPS) is 15.4. The summed E-state index contributed by atoms with van der Waals surface area (Å²) in [5.74, 6) is 0.227. The van der Waals surface area contributed by atoms with E-state index in [1.165, 1.54) is 6.07 Å². The molecular formula is C25H31N3O6S2. The highest BCUT2D eigenvalue weighted by Crippen LogP contribution is 2.34. The standard InChI is InChI=1S/C25H31N3O6S2/c1-5-16-28-26-18(4)23(24(29)33-6-2)35(28)17-19-12-14-20(15-13-19)21-10-8-9-11-22(21)36(31,32)27-25(30)34-7-3/h8-15H,5-7,16-17H2,1-4H3,(H,27,30). The van der Waals surface area contributed by atoms with E-state index in [4.69, 9.17) is 9.47 Å². The van der Waals surface area contributed by atoms with Crippen molar-refractivity contribution in [1.82, 2.24) is 9.14 Å². The molecule has 0 saturated heterocycles. The Bertz CT molecular complexity index is 1290. The monoisotopic (exact) mass is 533 g/mol. The summed E-state index contributed by atoms with van der Waals surface area (Å²) >= 11 is 0. The summed E-state index contributed by atoms with van der Waals surface area (Å²) < 4.78 is 39.5. The molecule has 0 spiro atoms. The van der Waals surface area contributed by atoms with E-state index in [1.807, 2.05) is 40.3 Å². The van der Waals surface area contributed by atoms with Crippen molar-refractivity contribution in [3.05, 3.63) is 54.1 Å². The lowest BCUT2D eigenvalue weighted by molar-refractivity contribution is -0.134. The minimum absolute atomic E-state index is 0.0282. The third-order valence-corrected chi connectivity index (χ3v) is 8.88. The molecule has 3 rings (SSSR count). The largest absolute Gasteiger partial charge is 0.462 e. The van der Waals surface area contributed by atoms with Crippen molar-refractivity contribution in [3.8, 4) is 11.1 Å². The smallest absolute Gasteiger partial charge is 0.421 e. The fraction of sp³-hybridized carbons (Fsp3) is 0.360. The number of ether oxygens (including phenoxy) is 2. The molecule has 2 aromatic carbocycles. The molecule has 1 aliphatic rings. The van der Waals surface area contributed by atoms with E-state index in [9.17, 15) is 18.0 Å². The molecule has 1 amide bonds. The fourth-order valence-electron chi connectivity index (χ4n) is 3.68. The highest BCUT2D eigenvalue weighted by Gasteiger charge is 2.29. The van der Waals surface area contributed by atoms with Gasteiger partial charge < -0.3 is 9.47 Å². The maximum atomic E-state index is 12.8. The number of carbonyl (C=O) groups excluding carboxylic acids is 2. The highest BCUT2D eigenvalue weighted by molar-refractivity contribution is 8.15. The van der Waals surface area contributed by atoms with Crippen molar-refractivity contribution in [2.75, 3.05) is 19.8 Å². The van der Waals surface area contributed by atoms with Gasteiger partial charge in [0.1, 0.15) is 4.86 Å². The van der Waals surface area contributed by atoms with Crippen LogP contribution in [0.4, 0.5) is 4.79 Å². The maximum Gasteiger partial charge on any atom is 0.421 e. The summed E-state index contributed by atoms with van der Waals surface area (Å²) in [5, 5.41) is 4.59. The van der Waals surface area contributed by atoms with E-state index < -0.39 is 26.8 Å². The SMILES string of the molecule is CCCN1N=C(C)C(C(=O)OCC)=S1Cc1ccc(-c2ccccc2S(=O)(=O)NC(=O)OCC)cc1. The number of hydrogen-bond acceptors (Lipinski definition) is 8. The molecule has 11 heteroatoms. The van der Waals surface area contributed by atoms with E-state index in [0.29, 0.717) is 34.1 Å². The average molecular weight is 534 g/mol. The number of nitrogens with zero attached hydrogens (tertiary/aromatic N) is 2. The first kappa shape index (κ1) is 27.4.